The summed E-state index contributed by atoms with van der Waals surface area (Å²) in [6, 6.07) is 7.74. The highest BCUT2D eigenvalue weighted by molar-refractivity contribution is 5.92. The van der Waals surface area contributed by atoms with Crippen molar-refractivity contribution in [1.82, 2.24) is 19.9 Å². The van der Waals surface area contributed by atoms with Gasteiger partial charge in [0.25, 0.3) is 0 Å². The van der Waals surface area contributed by atoms with Crippen LogP contribution in [0.3, 0.4) is 0 Å². The van der Waals surface area contributed by atoms with E-state index in [0.29, 0.717) is 18.8 Å². The van der Waals surface area contributed by atoms with Gasteiger partial charge in [-0.1, -0.05) is 12.0 Å². The molecule has 1 fully saturated rings. The van der Waals surface area contributed by atoms with Crippen molar-refractivity contribution in [3.05, 3.63) is 54.1 Å². The average Bonchev–Trinajstić information content (AvgIpc) is 3.22. The molecule has 1 saturated heterocycles. The lowest BCUT2D eigenvalue weighted by atomic mass is 10.0. The number of aromatic nitrogens is 3. The second-order valence-electron chi connectivity index (χ2n) is 8.66. The predicted molar refractivity (Wildman–Crippen MR) is 121 cm³/mol. The first-order valence-electron chi connectivity index (χ1n) is 10.5. The first-order chi connectivity index (χ1) is 14.9. The lowest BCUT2D eigenvalue weighted by Crippen LogP contribution is -2.47. The van der Waals surface area contributed by atoms with Crippen LogP contribution >= 0.6 is 0 Å². The molecule has 0 aliphatic carbocycles. The standard InChI is InChI=1S/C24H27N5O2/c1-24(2,3)31-23(30)29-14-6-8-19(16-29)28-21-17(9-10-18-7-4-5-12-25-18)15-27-22-20(21)11-13-26-22/h4-5,7,11-13,15,19H,6,8,14,16H2,1-3H3,(H2,26,27,28)/t19-/m0/s1. The molecular formula is C24H27N5O2. The summed E-state index contributed by atoms with van der Waals surface area (Å²) in [6.07, 6.45) is 6.96. The average molecular weight is 418 g/mol. The van der Waals surface area contributed by atoms with Crippen LogP contribution in [-0.2, 0) is 4.74 Å². The number of piperidine rings is 1. The molecule has 1 aliphatic heterocycles. The second-order valence-corrected chi connectivity index (χ2v) is 8.66. The highest BCUT2D eigenvalue weighted by Gasteiger charge is 2.28. The number of nitrogens with one attached hydrogen (secondary N) is 2. The van der Waals surface area contributed by atoms with Gasteiger partial charge in [-0.2, -0.15) is 0 Å². The molecular weight excluding hydrogens is 390 g/mol. The molecule has 0 aromatic carbocycles. The summed E-state index contributed by atoms with van der Waals surface area (Å²) in [5, 5.41) is 4.60. The topological polar surface area (TPSA) is 83.1 Å². The molecule has 4 heterocycles. The van der Waals surface area contributed by atoms with Gasteiger partial charge in [0.05, 0.1) is 11.3 Å². The number of carbonyl (C=O) groups is 1. The molecule has 2 N–H and O–H groups in total. The van der Waals surface area contributed by atoms with Crippen molar-refractivity contribution in [3.63, 3.8) is 0 Å². The summed E-state index contributed by atoms with van der Waals surface area (Å²) in [5.41, 5.74) is 2.72. The van der Waals surface area contributed by atoms with Crippen LogP contribution in [0.1, 0.15) is 44.9 Å². The van der Waals surface area contributed by atoms with Crippen molar-refractivity contribution in [1.29, 1.82) is 0 Å². The van der Waals surface area contributed by atoms with Crippen molar-refractivity contribution < 1.29 is 9.53 Å². The minimum absolute atomic E-state index is 0.0946. The van der Waals surface area contributed by atoms with Crippen molar-refractivity contribution in [2.45, 2.75) is 45.3 Å². The summed E-state index contributed by atoms with van der Waals surface area (Å²) >= 11 is 0. The van der Waals surface area contributed by atoms with E-state index in [2.05, 4.69) is 32.1 Å². The summed E-state index contributed by atoms with van der Waals surface area (Å²) in [4.78, 5) is 26.2. The molecule has 31 heavy (non-hydrogen) atoms. The number of aromatic amines is 1. The first-order valence-corrected chi connectivity index (χ1v) is 10.5. The van der Waals surface area contributed by atoms with Crippen LogP contribution in [0, 0.1) is 11.8 Å². The quantitative estimate of drug-likeness (QED) is 0.612. The van der Waals surface area contributed by atoms with Gasteiger partial charge in [0, 0.05) is 43.1 Å². The van der Waals surface area contributed by atoms with Crippen LogP contribution in [0.5, 0.6) is 0 Å². The third kappa shape index (κ3) is 5.15. The van der Waals surface area contributed by atoms with Gasteiger partial charge in [-0.05, 0) is 57.7 Å². The van der Waals surface area contributed by atoms with E-state index in [1.165, 1.54) is 0 Å². The molecule has 7 heteroatoms. The molecule has 0 saturated carbocycles. The maximum absolute atomic E-state index is 12.5. The van der Waals surface area contributed by atoms with E-state index in [-0.39, 0.29) is 12.1 Å². The molecule has 0 spiro atoms. The van der Waals surface area contributed by atoms with Gasteiger partial charge in [0.1, 0.15) is 16.9 Å². The SMILES string of the molecule is CC(C)(C)OC(=O)N1CCC[C@H](Nc2c(C#Cc3ccccn3)cnc3[nH]ccc23)C1. The Morgan fingerprint density at radius 2 is 2.13 bits per heavy atom. The Kier molecular flexibility index (Phi) is 5.81. The van der Waals surface area contributed by atoms with Crippen LogP contribution in [0.15, 0.2) is 42.9 Å². The number of anilines is 1. The Labute approximate surface area is 182 Å². The normalized spacial score (nSPS) is 16.5. The third-order valence-corrected chi connectivity index (χ3v) is 5.00. The van der Waals surface area contributed by atoms with Crippen LogP contribution in [0.4, 0.5) is 10.5 Å². The van der Waals surface area contributed by atoms with E-state index in [1.807, 2.05) is 51.2 Å². The molecule has 3 aromatic heterocycles. The monoisotopic (exact) mass is 417 g/mol. The Morgan fingerprint density at radius 1 is 1.26 bits per heavy atom. The molecule has 0 bridgehead atoms. The smallest absolute Gasteiger partial charge is 0.410 e. The fourth-order valence-electron chi connectivity index (χ4n) is 3.62. The number of hydrogen-bond acceptors (Lipinski definition) is 5. The molecule has 160 valence electrons. The zero-order valence-electron chi connectivity index (χ0n) is 18.1. The van der Waals surface area contributed by atoms with Crippen molar-refractivity contribution >= 4 is 22.8 Å². The number of fused-ring (bicyclic) bond motifs is 1. The van der Waals surface area contributed by atoms with E-state index in [9.17, 15) is 4.79 Å². The van der Waals surface area contributed by atoms with Gasteiger partial charge in [-0.3, -0.25) is 0 Å². The summed E-state index contributed by atoms with van der Waals surface area (Å²) in [7, 11) is 0. The molecule has 4 rings (SSSR count). The number of carbonyl (C=O) groups excluding carboxylic acids is 1. The Hall–Kier alpha value is -3.53. The highest BCUT2D eigenvalue weighted by Crippen LogP contribution is 2.27. The Bertz CT molecular complexity index is 1120. The minimum Gasteiger partial charge on any atom is -0.444 e. The first kappa shape index (κ1) is 20.7. The second kappa shape index (κ2) is 8.68. The zero-order valence-corrected chi connectivity index (χ0v) is 18.1. The van der Waals surface area contributed by atoms with E-state index < -0.39 is 5.60 Å². The number of rotatable bonds is 2. The predicted octanol–water partition coefficient (Wildman–Crippen LogP) is 4.17. The molecule has 7 nitrogen and oxygen atoms in total. The van der Waals surface area contributed by atoms with E-state index in [0.717, 1.165) is 35.1 Å². The zero-order chi connectivity index (χ0) is 21.8. The fourth-order valence-corrected chi connectivity index (χ4v) is 3.62. The van der Waals surface area contributed by atoms with E-state index >= 15 is 0 Å². The number of nitrogens with zero attached hydrogens (tertiary/aromatic N) is 3. The van der Waals surface area contributed by atoms with Crippen LogP contribution in [-0.4, -0.2) is 50.7 Å². The number of H-pyrrole nitrogens is 1. The van der Waals surface area contributed by atoms with Gasteiger partial charge in [0.15, 0.2) is 0 Å². The molecule has 1 atom stereocenters. The number of ether oxygens (including phenoxy) is 1. The molecule has 1 aliphatic rings. The van der Waals surface area contributed by atoms with Crippen molar-refractivity contribution in [2.24, 2.45) is 0 Å². The van der Waals surface area contributed by atoms with Crippen LogP contribution < -0.4 is 5.32 Å². The highest BCUT2D eigenvalue weighted by atomic mass is 16.6. The summed E-state index contributed by atoms with van der Waals surface area (Å²) in [5.74, 6) is 6.32. The third-order valence-electron chi connectivity index (χ3n) is 5.00. The van der Waals surface area contributed by atoms with Crippen molar-refractivity contribution in [3.8, 4) is 11.8 Å². The Morgan fingerprint density at radius 3 is 2.90 bits per heavy atom. The van der Waals surface area contributed by atoms with Gasteiger partial charge in [-0.25, -0.2) is 14.8 Å². The van der Waals surface area contributed by atoms with Gasteiger partial charge >= 0.3 is 6.09 Å². The number of hydrogen-bond donors (Lipinski definition) is 2. The Balaban J connectivity index is 1.58. The minimum atomic E-state index is -0.506. The largest absolute Gasteiger partial charge is 0.444 e. The maximum Gasteiger partial charge on any atom is 0.410 e. The number of amides is 1. The van der Waals surface area contributed by atoms with E-state index in [4.69, 9.17) is 4.74 Å². The molecule has 1 amide bonds. The molecule has 3 aromatic rings. The van der Waals surface area contributed by atoms with Crippen molar-refractivity contribution in [2.75, 3.05) is 18.4 Å². The van der Waals surface area contributed by atoms with Crippen LogP contribution in [0.25, 0.3) is 11.0 Å². The summed E-state index contributed by atoms with van der Waals surface area (Å²) < 4.78 is 5.56. The number of likely N-dealkylation sites (tertiary alicyclic amines) is 1. The van der Waals surface area contributed by atoms with Gasteiger partial charge < -0.3 is 19.9 Å². The molecule has 0 unspecified atom stereocenters. The van der Waals surface area contributed by atoms with Gasteiger partial charge in [0.2, 0.25) is 0 Å². The lowest BCUT2D eigenvalue weighted by Gasteiger charge is -2.35. The van der Waals surface area contributed by atoms with Crippen LogP contribution in [0.2, 0.25) is 0 Å². The van der Waals surface area contributed by atoms with Gasteiger partial charge in [-0.15, -0.1) is 0 Å². The van der Waals surface area contributed by atoms with E-state index in [1.54, 1.807) is 17.3 Å². The maximum atomic E-state index is 12.5. The lowest BCUT2D eigenvalue weighted by molar-refractivity contribution is 0.0206. The molecule has 0 radical (unpaired) electrons. The summed E-state index contributed by atoms with van der Waals surface area (Å²) in [6.45, 7) is 6.94. The number of pyridine rings is 2. The fraction of sp³-hybridized carbons (Fsp3) is 0.375.